The van der Waals surface area contributed by atoms with Crippen LogP contribution in [0.4, 0.5) is 11.4 Å². The lowest BCUT2D eigenvalue weighted by Crippen LogP contribution is -2.34. The van der Waals surface area contributed by atoms with Crippen molar-refractivity contribution in [3.8, 4) is 17.1 Å². The van der Waals surface area contributed by atoms with E-state index in [1.165, 1.54) is 38.3 Å². The molecular formula is C33H42N6O4. The van der Waals surface area contributed by atoms with E-state index in [0.717, 1.165) is 35.2 Å². The van der Waals surface area contributed by atoms with Crippen LogP contribution in [0.5, 0.6) is 5.75 Å². The monoisotopic (exact) mass is 586 g/mol. The fourth-order valence-corrected chi connectivity index (χ4v) is 6.05. The minimum atomic E-state index is -0.595. The number of nitrogens with one attached hydrogen (secondary N) is 3. The summed E-state index contributed by atoms with van der Waals surface area (Å²) in [6.07, 6.45) is 9.62. The summed E-state index contributed by atoms with van der Waals surface area (Å²) in [5.74, 6) is 1.31. The van der Waals surface area contributed by atoms with Crippen LogP contribution < -0.4 is 21.1 Å². The molecule has 1 fully saturated rings. The maximum atomic E-state index is 12.5. The summed E-state index contributed by atoms with van der Waals surface area (Å²) in [5, 5.41) is 26.2. The van der Waals surface area contributed by atoms with Crippen molar-refractivity contribution in [2.45, 2.75) is 64.5 Å². The molecule has 0 unspecified atom stereocenters. The number of pyridine rings is 1. The number of nitrogens with zero attached hydrogens (tertiary/aromatic N) is 2. The smallest absolute Gasteiger partial charge is 0.252 e. The van der Waals surface area contributed by atoms with Gasteiger partial charge in [0.05, 0.1) is 24.5 Å². The third kappa shape index (κ3) is 7.33. The summed E-state index contributed by atoms with van der Waals surface area (Å²) in [7, 11) is 0. The Morgan fingerprint density at radius 1 is 1.14 bits per heavy atom. The van der Waals surface area contributed by atoms with Crippen molar-refractivity contribution >= 4 is 28.4 Å². The van der Waals surface area contributed by atoms with Crippen LogP contribution in [0.25, 0.3) is 22.6 Å². The number of aromatic nitrogens is 3. The van der Waals surface area contributed by atoms with Crippen molar-refractivity contribution in [1.29, 1.82) is 0 Å². The lowest BCUT2D eigenvalue weighted by atomic mass is 9.85. The standard InChI is InChI=1S/C33H42N6O4/c1-2-26-23(18-35-24(20-41)17-21-7-4-3-5-8-21)9-6-10-28(26)37-29-27(31(34)42)19-36-33-30(29)38-32(39-33)22-11-13-25(14-12-22)43-16-15-40/h6,9-14,19,21,24,35,40-41H,2-5,7-8,15-18,20H2,1H3,(H2,34,42)(H2,36,37,38,39)/t24-/m0/s1. The molecule has 1 saturated carbocycles. The van der Waals surface area contributed by atoms with E-state index in [2.05, 4.69) is 38.6 Å². The number of rotatable bonds is 14. The van der Waals surface area contributed by atoms with Gasteiger partial charge in [0.15, 0.2) is 5.65 Å². The van der Waals surface area contributed by atoms with E-state index in [1.54, 1.807) is 0 Å². The molecule has 1 atom stereocenters. The van der Waals surface area contributed by atoms with Gasteiger partial charge in [-0.25, -0.2) is 9.97 Å². The number of nitrogens with two attached hydrogens (primary N) is 1. The van der Waals surface area contributed by atoms with Gasteiger partial charge in [-0.2, -0.15) is 0 Å². The Kier molecular flexibility index (Phi) is 10.2. The predicted molar refractivity (Wildman–Crippen MR) is 168 cm³/mol. The molecule has 7 N–H and O–H groups in total. The van der Waals surface area contributed by atoms with Crippen LogP contribution in [0, 0.1) is 5.92 Å². The van der Waals surface area contributed by atoms with Crippen LogP contribution in [0.15, 0.2) is 48.7 Å². The van der Waals surface area contributed by atoms with E-state index in [1.807, 2.05) is 36.4 Å². The summed E-state index contributed by atoms with van der Waals surface area (Å²) in [5.41, 5.74) is 11.5. The van der Waals surface area contributed by atoms with Gasteiger partial charge >= 0.3 is 0 Å². The van der Waals surface area contributed by atoms with Crippen LogP contribution in [-0.2, 0) is 13.0 Å². The van der Waals surface area contributed by atoms with Gasteiger partial charge in [-0.15, -0.1) is 0 Å². The molecule has 2 heterocycles. The van der Waals surface area contributed by atoms with Crippen molar-refractivity contribution in [2.75, 3.05) is 25.1 Å². The van der Waals surface area contributed by atoms with Crippen molar-refractivity contribution in [2.24, 2.45) is 11.7 Å². The number of amides is 1. The van der Waals surface area contributed by atoms with E-state index >= 15 is 0 Å². The van der Waals surface area contributed by atoms with E-state index in [4.69, 9.17) is 15.6 Å². The second-order valence-corrected chi connectivity index (χ2v) is 11.2. The third-order valence-corrected chi connectivity index (χ3v) is 8.30. The van der Waals surface area contributed by atoms with E-state index in [9.17, 15) is 9.90 Å². The molecule has 1 amide bonds. The number of benzene rings is 2. The molecule has 4 aromatic rings. The maximum Gasteiger partial charge on any atom is 0.252 e. The zero-order valence-corrected chi connectivity index (χ0v) is 24.7. The number of hydrogen-bond donors (Lipinski definition) is 6. The molecule has 10 heteroatoms. The molecule has 2 aromatic heterocycles. The number of H-pyrrole nitrogens is 1. The van der Waals surface area contributed by atoms with Crippen LogP contribution in [0.2, 0.25) is 0 Å². The lowest BCUT2D eigenvalue weighted by molar-refractivity contribution is 0.100. The highest BCUT2D eigenvalue weighted by atomic mass is 16.5. The molecule has 10 nitrogen and oxygen atoms in total. The van der Waals surface area contributed by atoms with Crippen molar-refractivity contribution < 1.29 is 19.7 Å². The Labute approximate surface area is 252 Å². The first kappa shape index (κ1) is 30.5. The number of primary amides is 1. The largest absolute Gasteiger partial charge is 0.491 e. The van der Waals surface area contributed by atoms with Crippen molar-refractivity contribution in [3.63, 3.8) is 0 Å². The van der Waals surface area contributed by atoms with E-state index in [0.29, 0.717) is 40.9 Å². The number of ether oxygens (including phenoxy) is 1. The van der Waals surface area contributed by atoms with Crippen LogP contribution in [0.3, 0.4) is 0 Å². The first-order chi connectivity index (χ1) is 21.0. The lowest BCUT2D eigenvalue weighted by Gasteiger charge is -2.26. The van der Waals surface area contributed by atoms with Crippen LogP contribution in [-0.4, -0.2) is 56.9 Å². The van der Waals surface area contributed by atoms with Gasteiger partial charge in [0.25, 0.3) is 5.91 Å². The fraction of sp³-hybridized carbons (Fsp3) is 0.424. The number of anilines is 2. The van der Waals surface area contributed by atoms with Gasteiger partial charge in [-0.3, -0.25) is 4.79 Å². The molecule has 0 saturated heterocycles. The number of imidazole rings is 1. The fourth-order valence-electron chi connectivity index (χ4n) is 6.05. The second kappa shape index (κ2) is 14.5. The van der Waals surface area contributed by atoms with Crippen molar-refractivity contribution in [3.05, 3.63) is 65.4 Å². The van der Waals surface area contributed by atoms with Gasteiger partial charge in [0, 0.05) is 30.0 Å². The molecule has 2 aromatic carbocycles. The number of carbonyl (C=O) groups is 1. The molecule has 0 aliphatic heterocycles. The number of hydrogen-bond acceptors (Lipinski definition) is 8. The Morgan fingerprint density at radius 3 is 2.63 bits per heavy atom. The molecule has 0 radical (unpaired) electrons. The highest BCUT2D eigenvalue weighted by Gasteiger charge is 2.21. The Bertz CT molecular complexity index is 1510. The SMILES string of the molecule is CCc1c(CN[C@H](CO)CC2CCCCC2)cccc1Nc1c(C(N)=O)cnc2nc(-c3ccc(OCCO)cc3)[nH]c12. The molecule has 1 aliphatic rings. The minimum absolute atomic E-state index is 0.0578. The van der Waals surface area contributed by atoms with Gasteiger partial charge in [-0.05, 0) is 60.2 Å². The molecule has 0 bridgehead atoms. The molecule has 43 heavy (non-hydrogen) atoms. The third-order valence-electron chi connectivity index (χ3n) is 8.30. The Morgan fingerprint density at radius 2 is 1.93 bits per heavy atom. The predicted octanol–water partition coefficient (Wildman–Crippen LogP) is 4.82. The van der Waals surface area contributed by atoms with Gasteiger partial charge in [0.2, 0.25) is 0 Å². The average Bonchev–Trinajstić information content (AvgIpc) is 3.48. The summed E-state index contributed by atoms with van der Waals surface area (Å²) in [4.78, 5) is 24.9. The first-order valence-electron chi connectivity index (χ1n) is 15.2. The molecule has 1 aliphatic carbocycles. The first-order valence-corrected chi connectivity index (χ1v) is 15.2. The van der Waals surface area contributed by atoms with Gasteiger partial charge < -0.3 is 36.3 Å². The second-order valence-electron chi connectivity index (χ2n) is 11.2. The van der Waals surface area contributed by atoms with Gasteiger partial charge in [0.1, 0.15) is 23.7 Å². The number of fused-ring (bicyclic) bond motifs is 1. The Balaban J connectivity index is 1.41. The maximum absolute atomic E-state index is 12.5. The minimum Gasteiger partial charge on any atom is -0.491 e. The van der Waals surface area contributed by atoms with E-state index < -0.39 is 5.91 Å². The summed E-state index contributed by atoms with van der Waals surface area (Å²) in [6.45, 7) is 3.02. The zero-order valence-electron chi connectivity index (χ0n) is 24.7. The number of aliphatic hydroxyl groups excluding tert-OH is 2. The molecule has 0 spiro atoms. The molecular weight excluding hydrogens is 544 g/mol. The summed E-state index contributed by atoms with van der Waals surface area (Å²) in [6, 6.07) is 13.5. The zero-order chi connectivity index (χ0) is 30.2. The Hall–Kier alpha value is -3.99. The highest BCUT2D eigenvalue weighted by molar-refractivity contribution is 6.06. The van der Waals surface area contributed by atoms with Gasteiger partial charge in [-0.1, -0.05) is 51.2 Å². The summed E-state index contributed by atoms with van der Waals surface area (Å²) >= 11 is 0. The molecule has 228 valence electrons. The number of carbonyl (C=O) groups excluding carboxylic acids is 1. The van der Waals surface area contributed by atoms with Crippen molar-refractivity contribution in [1.82, 2.24) is 20.3 Å². The number of aliphatic hydroxyl groups is 2. The van der Waals surface area contributed by atoms with E-state index in [-0.39, 0.29) is 31.4 Å². The average molecular weight is 587 g/mol. The van der Waals surface area contributed by atoms with Crippen LogP contribution >= 0.6 is 0 Å². The normalized spacial score (nSPS) is 14.6. The quantitative estimate of drug-likeness (QED) is 0.123. The summed E-state index contributed by atoms with van der Waals surface area (Å²) < 4.78 is 5.46. The molecule has 5 rings (SSSR count). The number of aromatic amines is 1. The highest BCUT2D eigenvalue weighted by Crippen LogP contribution is 2.33. The topological polar surface area (TPSA) is 158 Å². The van der Waals surface area contributed by atoms with Crippen LogP contribution in [0.1, 0.15) is 66.9 Å².